The van der Waals surface area contributed by atoms with E-state index >= 15 is 0 Å². The summed E-state index contributed by atoms with van der Waals surface area (Å²) in [6, 6.07) is 8.84. The SMILES string of the molecule is CCCNCc1nccn1Cc1ccc(CC)cc1. The summed E-state index contributed by atoms with van der Waals surface area (Å²) in [5.74, 6) is 1.10. The molecule has 1 N–H and O–H groups in total. The van der Waals surface area contributed by atoms with E-state index in [4.69, 9.17) is 0 Å². The zero-order valence-electron chi connectivity index (χ0n) is 11.9. The molecule has 0 aliphatic heterocycles. The summed E-state index contributed by atoms with van der Waals surface area (Å²) < 4.78 is 2.21. The van der Waals surface area contributed by atoms with E-state index in [2.05, 4.69) is 59.2 Å². The maximum atomic E-state index is 4.42. The molecule has 1 aromatic heterocycles. The normalized spacial score (nSPS) is 10.8. The van der Waals surface area contributed by atoms with E-state index in [1.165, 1.54) is 11.1 Å². The lowest BCUT2D eigenvalue weighted by Gasteiger charge is -2.09. The Bertz CT molecular complexity index is 485. The summed E-state index contributed by atoms with van der Waals surface area (Å²) in [6.07, 6.45) is 6.18. The molecule has 0 saturated heterocycles. The van der Waals surface area contributed by atoms with Gasteiger partial charge in [-0.3, -0.25) is 0 Å². The van der Waals surface area contributed by atoms with Crippen LogP contribution < -0.4 is 5.32 Å². The molecule has 2 aromatic rings. The summed E-state index contributed by atoms with van der Waals surface area (Å²) in [5.41, 5.74) is 2.71. The van der Waals surface area contributed by atoms with Gasteiger partial charge in [-0.2, -0.15) is 0 Å². The van der Waals surface area contributed by atoms with Crippen molar-refractivity contribution in [2.45, 2.75) is 39.8 Å². The molecule has 0 aliphatic carbocycles. The van der Waals surface area contributed by atoms with Crippen molar-refractivity contribution < 1.29 is 0 Å². The van der Waals surface area contributed by atoms with Crippen LogP contribution in [0.2, 0.25) is 0 Å². The molecule has 0 aliphatic rings. The number of nitrogens with zero attached hydrogens (tertiary/aromatic N) is 2. The van der Waals surface area contributed by atoms with Gasteiger partial charge in [0.15, 0.2) is 0 Å². The van der Waals surface area contributed by atoms with E-state index in [-0.39, 0.29) is 0 Å². The summed E-state index contributed by atoms with van der Waals surface area (Å²) >= 11 is 0. The second-order valence-electron chi connectivity index (χ2n) is 4.82. The van der Waals surface area contributed by atoms with Gasteiger partial charge in [0.2, 0.25) is 0 Å². The van der Waals surface area contributed by atoms with Crippen molar-refractivity contribution in [3.05, 3.63) is 53.6 Å². The minimum Gasteiger partial charge on any atom is -0.329 e. The van der Waals surface area contributed by atoms with Crippen LogP contribution in [0.3, 0.4) is 0 Å². The smallest absolute Gasteiger partial charge is 0.122 e. The molecule has 19 heavy (non-hydrogen) atoms. The fourth-order valence-electron chi connectivity index (χ4n) is 2.11. The quantitative estimate of drug-likeness (QED) is 0.773. The molecule has 2 rings (SSSR count). The first-order chi connectivity index (χ1) is 9.33. The molecule has 0 amide bonds. The first-order valence-corrected chi connectivity index (χ1v) is 7.12. The first-order valence-electron chi connectivity index (χ1n) is 7.12. The zero-order valence-corrected chi connectivity index (χ0v) is 11.9. The van der Waals surface area contributed by atoms with Gasteiger partial charge in [-0.15, -0.1) is 0 Å². The molecular weight excluding hydrogens is 234 g/mol. The third-order valence-electron chi connectivity index (χ3n) is 3.30. The van der Waals surface area contributed by atoms with Crippen molar-refractivity contribution in [1.29, 1.82) is 0 Å². The third kappa shape index (κ3) is 3.93. The molecule has 3 nitrogen and oxygen atoms in total. The molecule has 0 spiro atoms. The Balaban J connectivity index is 1.99. The van der Waals surface area contributed by atoms with Gasteiger partial charge in [0.1, 0.15) is 5.82 Å². The lowest BCUT2D eigenvalue weighted by molar-refractivity contribution is 0.615. The summed E-state index contributed by atoms with van der Waals surface area (Å²) in [4.78, 5) is 4.42. The molecule has 1 heterocycles. The van der Waals surface area contributed by atoms with Crippen LogP contribution in [0.25, 0.3) is 0 Å². The van der Waals surface area contributed by atoms with Crippen LogP contribution in [0.5, 0.6) is 0 Å². The van der Waals surface area contributed by atoms with Crippen LogP contribution in [0.4, 0.5) is 0 Å². The van der Waals surface area contributed by atoms with E-state index in [0.717, 1.165) is 38.3 Å². The standard InChI is InChI=1S/C16H23N3/c1-3-9-17-12-16-18-10-11-19(16)13-15-7-5-14(4-2)6-8-15/h5-8,10-11,17H,3-4,9,12-13H2,1-2H3. The molecule has 3 heteroatoms. The summed E-state index contributed by atoms with van der Waals surface area (Å²) in [6.45, 7) is 7.14. The van der Waals surface area contributed by atoms with Gasteiger partial charge in [-0.25, -0.2) is 4.98 Å². The summed E-state index contributed by atoms with van der Waals surface area (Å²) in [5, 5.41) is 3.40. The Morgan fingerprint density at radius 2 is 1.84 bits per heavy atom. The number of benzene rings is 1. The predicted molar refractivity (Wildman–Crippen MR) is 79.1 cm³/mol. The largest absolute Gasteiger partial charge is 0.329 e. The monoisotopic (exact) mass is 257 g/mol. The maximum Gasteiger partial charge on any atom is 0.122 e. The molecule has 0 bridgehead atoms. The average Bonchev–Trinajstić information content (AvgIpc) is 2.87. The molecule has 0 fully saturated rings. The van der Waals surface area contributed by atoms with E-state index in [0.29, 0.717) is 0 Å². The van der Waals surface area contributed by atoms with Crippen molar-refractivity contribution in [3.63, 3.8) is 0 Å². The van der Waals surface area contributed by atoms with Crippen molar-refractivity contribution in [2.24, 2.45) is 0 Å². The number of nitrogens with one attached hydrogen (secondary N) is 1. The van der Waals surface area contributed by atoms with Crippen molar-refractivity contribution in [3.8, 4) is 0 Å². The second kappa shape index (κ2) is 7.10. The highest BCUT2D eigenvalue weighted by molar-refractivity contribution is 5.23. The van der Waals surface area contributed by atoms with Gasteiger partial charge in [0.25, 0.3) is 0 Å². The molecule has 0 radical (unpaired) electrons. The number of imidazole rings is 1. The number of hydrogen-bond acceptors (Lipinski definition) is 2. The predicted octanol–water partition coefficient (Wildman–Crippen LogP) is 2.99. The minimum absolute atomic E-state index is 0.841. The van der Waals surface area contributed by atoms with Crippen LogP contribution in [0, 0.1) is 0 Å². The van der Waals surface area contributed by atoms with Crippen molar-refractivity contribution in [1.82, 2.24) is 14.9 Å². The highest BCUT2D eigenvalue weighted by Crippen LogP contribution is 2.08. The Morgan fingerprint density at radius 1 is 1.11 bits per heavy atom. The second-order valence-corrected chi connectivity index (χ2v) is 4.82. The number of aryl methyl sites for hydroxylation is 1. The fraction of sp³-hybridized carbons (Fsp3) is 0.438. The average molecular weight is 257 g/mol. The number of hydrogen-bond donors (Lipinski definition) is 1. The minimum atomic E-state index is 0.841. The number of rotatable bonds is 7. The lowest BCUT2D eigenvalue weighted by Crippen LogP contribution is -2.17. The van der Waals surface area contributed by atoms with E-state index < -0.39 is 0 Å². The van der Waals surface area contributed by atoms with Crippen LogP contribution in [-0.2, 0) is 19.5 Å². The molecule has 1 aromatic carbocycles. The topological polar surface area (TPSA) is 29.9 Å². The van der Waals surface area contributed by atoms with Crippen LogP contribution in [0.1, 0.15) is 37.2 Å². The van der Waals surface area contributed by atoms with E-state index in [9.17, 15) is 0 Å². The maximum absolute atomic E-state index is 4.42. The van der Waals surface area contributed by atoms with Gasteiger partial charge in [0, 0.05) is 18.9 Å². The van der Waals surface area contributed by atoms with Crippen molar-refractivity contribution in [2.75, 3.05) is 6.54 Å². The van der Waals surface area contributed by atoms with E-state index in [1.807, 2.05) is 6.20 Å². The Hall–Kier alpha value is -1.61. The summed E-state index contributed by atoms with van der Waals surface area (Å²) in [7, 11) is 0. The van der Waals surface area contributed by atoms with Gasteiger partial charge in [-0.1, -0.05) is 38.1 Å². The van der Waals surface area contributed by atoms with Crippen LogP contribution >= 0.6 is 0 Å². The number of aromatic nitrogens is 2. The van der Waals surface area contributed by atoms with Gasteiger partial charge >= 0.3 is 0 Å². The van der Waals surface area contributed by atoms with Gasteiger partial charge in [0.05, 0.1) is 6.54 Å². The van der Waals surface area contributed by atoms with Gasteiger partial charge < -0.3 is 9.88 Å². The molecular formula is C16H23N3. The van der Waals surface area contributed by atoms with Crippen molar-refractivity contribution >= 4 is 0 Å². The van der Waals surface area contributed by atoms with Gasteiger partial charge in [-0.05, 0) is 30.5 Å². The Labute approximate surface area is 115 Å². The molecule has 0 atom stereocenters. The Morgan fingerprint density at radius 3 is 2.53 bits per heavy atom. The third-order valence-corrected chi connectivity index (χ3v) is 3.30. The lowest BCUT2D eigenvalue weighted by atomic mass is 10.1. The Kier molecular flexibility index (Phi) is 5.16. The highest BCUT2D eigenvalue weighted by Gasteiger charge is 2.03. The van der Waals surface area contributed by atoms with Crippen LogP contribution in [0.15, 0.2) is 36.7 Å². The van der Waals surface area contributed by atoms with Crippen LogP contribution in [-0.4, -0.2) is 16.1 Å². The molecule has 102 valence electrons. The van der Waals surface area contributed by atoms with E-state index in [1.54, 1.807) is 0 Å². The fourth-order valence-corrected chi connectivity index (χ4v) is 2.11. The zero-order chi connectivity index (χ0) is 13.5. The highest BCUT2D eigenvalue weighted by atomic mass is 15.1. The first kappa shape index (κ1) is 13.8. The molecule has 0 unspecified atom stereocenters. The molecule has 0 saturated carbocycles.